The summed E-state index contributed by atoms with van der Waals surface area (Å²) >= 11 is 0. The first-order chi connectivity index (χ1) is 13.7. The Hall–Kier alpha value is -2.46. The number of aliphatic hydroxyl groups is 1. The maximum absolute atomic E-state index is 14.6. The molecule has 1 aliphatic heterocycles. The molecule has 0 amide bonds. The average Bonchev–Trinajstić information content (AvgIpc) is 3.32. The van der Waals surface area contributed by atoms with Gasteiger partial charge in [0.1, 0.15) is 5.82 Å². The minimum absolute atomic E-state index is 0.171. The monoisotopic (exact) mass is 376 g/mol. The third-order valence-electron chi connectivity index (χ3n) is 6.72. The molecule has 3 aromatic rings. The van der Waals surface area contributed by atoms with E-state index in [1.54, 1.807) is 18.6 Å². The van der Waals surface area contributed by atoms with Gasteiger partial charge >= 0.3 is 0 Å². The quantitative estimate of drug-likeness (QED) is 0.669. The van der Waals surface area contributed by atoms with E-state index in [1.807, 2.05) is 10.6 Å². The van der Waals surface area contributed by atoms with E-state index in [1.165, 1.54) is 11.6 Å². The second-order valence-electron chi connectivity index (χ2n) is 8.23. The van der Waals surface area contributed by atoms with Crippen LogP contribution >= 0.6 is 0 Å². The fourth-order valence-electron chi connectivity index (χ4n) is 5.21. The molecule has 0 saturated heterocycles. The molecule has 2 atom stereocenters. The molecule has 144 valence electrons. The average molecular weight is 376 g/mol. The number of rotatable bonds is 4. The molecular formula is C24H25FN2O. The van der Waals surface area contributed by atoms with Crippen LogP contribution in [0.1, 0.15) is 55.2 Å². The first-order valence-electron chi connectivity index (χ1n) is 10.3. The Morgan fingerprint density at radius 2 is 1.82 bits per heavy atom. The highest BCUT2D eigenvalue weighted by Gasteiger charge is 2.35. The van der Waals surface area contributed by atoms with Gasteiger partial charge < -0.3 is 9.67 Å². The molecule has 5 rings (SSSR count). The lowest BCUT2D eigenvalue weighted by atomic mass is 9.75. The highest BCUT2D eigenvalue weighted by atomic mass is 19.1. The molecule has 2 aliphatic rings. The second kappa shape index (κ2) is 7.17. The van der Waals surface area contributed by atoms with Crippen LogP contribution in [0.4, 0.5) is 4.39 Å². The van der Waals surface area contributed by atoms with Crippen molar-refractivity contribution in [2.45, 2.75) is 50.2 Å². The summed E-state index contributed by atoms with van der Waals surface area (Å²) in [5.74, 6) is 0.684. The largest absolute Gasteiger partial charge is 0.393 e. The lowest BCUT2D eigenvalue weighted by molar-refractivity contribution is 0.0650. The molecule has 2 aromatic carbocycles. The fraction of sp³-hybridized carbons (Fsp3) is 0.375. The van der Waals surface area contributed by atoms with Gasteiger partial charge in [-0.15, -0.1) is 0 Å². The van der Waals surface area contributed by atoms with E-state index in [2.05, 4.69) is 35.3 Å². The van der Waals surface area contributed by atoms with Crippen molar-refractivity contribution in [2.75, 3.05) is 0 Å². The van der Waals surface area contributed by atoms with Crippen LogP contribution in [0.2, 0.25) is 0 Å². The van der Waals surface area contributed by atoms with E-state index >= 15 is 0 Å². The van der Waals surface area contributed by atoms with E-state index < -0.39 is 6.10 Å². The molecule has 2 heterocycles. The van der Waals surface area contributed by atoms with Gasteiger partial charge in [-0.3, -0.25) is 0 Å². The third-order valence-corrected chi connectivity index (χ3v) is 6.72. The Balaban J connectivity index is 1.30. The first-order valence-corrected chi connectivity index (χ1v) is 10.3. The Morgan fingerprint density at radius 3 is 2.61 bits per heavy atom. The van der Waals surface area contributed by atoms with Gasteiger partial charge in [0.05, 0.1) is 30.4 Å². The van der Waals surface area contributed by atoms with Crippen molar-refractivity contribution in [3.8, 4) is 11.3 Å². The van der Waals surface area contributed by atoms with Crippen molar-refractivity contribution >= 4 is 0 Å². The number of fused-ring (bicyclic) bond motifs is 3. The van der Waals surface area contributed by atoms with Crippen LogP contribution in [-0.4, -0.2) is 20.8 Å². The van der Waals surface area contributed by atoms with Crippen molar-refractivity contribution in [1.82, 2.24) is 9.55 Å². The zero-order valence-corrected chi connectivity index (χ0v) is 15.8. The Kier molecular flexibility index (Phi) is 4.52. The van der Waals surface area contributed by atoms with Crippen molar-refractivity contribution in [3.05, 3.63) is 78.0 Å². The minimum Gasteiger partial charge on any atom is -0.393 e. The second-order valence-corrected chi connectivity index (χ2v) is 8.23. The number of hydrogen-bond donors (Lipinski definition) is 1. The number of imidazole rings is 1. The van der Waals surface area contributed by atoms with Gasteiger partial charge in [-0.1, -0.05) is 42.5 Å². The summed E-state index contributed by atoms with van der Waals surface area (Å²) < 4.78 is 16.6. The highest BCUT2D eigenvalue weighted by molar-refractivity contribution is 5.69. The predicted octanol–water partition coefficient (Wildman–Crippen LogP) is 5.32. The van der Waals surface area contributed by atoms with Gasteiger partial charge in [-0.25, -0.2) is 9.37 Å². The number of aliphatic hydroxyl groups excluding tert-OH is 1. The smallest absolute Gasteiger partial charge is 0.129 e. The number of benzene rings is 2. The van der Waals surface area contributed by atoms with Crippen molar-refractivity contribution in [3.63, 3.8) is 0 Å². The molecule has 2 unspecified atom stereocenters. The molecule has 4 heteroatoms. The molecule has 0 radical (unpaired) electrons. The molecular weight excluding hydrogens is 351 g/mol. The molecule has 1 aromatic heterocycles. The van der Waals surface area contributed by atoms with Gasteiger partial charge in [0.25, 0.3) is 0 Å². The lowest BCUT2D eigenvalue weighted by Gasteiger charge is -2.33. The standard InChI is InChI=1S/C24H25FN2O/c25-20-8-4-7-19-22-14-26-15-27(22)21(24(19)20)13-23(28)18-11-9-17(10-12-18)16-5-2-1-3-6-16/h1-8,14-15,17-18,21,23,28H,9-13H2. The van der Waals surface area contributed by atoms with Crippen LogP contribution in [0.3, 0.4) is 0 Å². The Bertz CT molecular complexity index is 960. The van der Waals surface area contributed by atoms with E-state index in [-0.39, 0.29) is 17.8 Å². The maximum Gasteiger partial charge on any atom is 0.129 e. The molecule has 28 heavy (non-hydrogen) atoms. The topological polar surface area (TPSA) is 38.1 Å². The van der Waals surface area contributed by atoms with Crippen LogP contribution in [-0.2, 0) is 0 Å². The number of halogens is 1. The fourth-order valence-corrected chi connectivity index (χ4v) is 5.21. The highest BCUT2D eigenvalue weighted by Crippen LogP contribution is 2.45. The van der Waals surface area contributed by atoms with Gasteiger partial charge in [-0.2, -0.15) is 0 Å². The number of hydrogen-bond acceptors (Lipinski definition) is 2. The van der Waals surface area contributed by atoms with Crippen LogP contribution < -0.4 is 0 Å². The third kappa shape index (κ3) is 2.96. The molecule has 0 spiro atoms. The molecule has 0 bridgehead atoms. The van der Waals surface area contributed by atoms with Crippen molar-refractivity contribution in [1.29, 1.82) is 0 Å². The van der Waals surface area contributed by atoms with E-state index in [9.17, 15) is 9.50 Å². The predicted molar refractivity (Wildman–Crippen MR) is 108 cm³/mol. The Labute approximate surface area is 164 Å². The summed E-state index contributed by atoms with van der Waals surface area (Å²) in [4.78, 5) is 4.24. The van der Waals surface area contributed by atoms with Crippen LogP contribution in [0.15, 0.2) is 61.1 Å². The van der Waals surface area contributed by atoms with Gasteiger partial charge in [-0.05, 0) is 55.6 Å². The normalized spacial score (nSPS) is 24.6. The van der Waals surface area contributed by atoms with Crippen LogP contribution in [0.5, 0.6) is 0 Å². The van der Waals surface area contributed by atoms with Crippen molar-refractivity contribution < 1.29 is 9.50 Å². The number of aromatic nitrogens is 2. The zero-order valence-electron chi connectivity index (χ0n) is 15.8. The summed E-state index contributed by atoms with van der Waals surface area (Å²) in [7, 11) is 0. The van der Waals surface area contributed by atoms with E-state index in [0.717, 1.165) is 36.9 Å². The van der Waals surface area contributed by atoms with Gasteiger partial charge in [0.2, 0.25) is 0 Å². The molecule has 1 fully saturated rings. The Morgan fingerprint density at radius 1 is 1.04 bits per heavy atom. The molecule has 1 aliphatic carbocycles. The molecule has 3 nitrogen and oxygen atoms in total. The summed E-state index contributed by atoms with van der Waals surface area (Å²) in [5.41, 5.74) is 3.96. The van der Waals surface area contributed by atoms with E-state index in [4.69, 9.17) is 0 Å². The van der Waals surface area contributed by atoms with Crippen LogP contribution in [0.25, 0.3) is 11.3 Å². The zero-order chi connectivity index (χ0) is 19.1. The SMILES string of the molecule is OC(CC1c2c(F)cccc2-c2cncn21)C1CCC(c2ccccc2)CC1. The van der Waals surface area contributed by atoms with Crippen LogP contribution in [0, 0.1) is 11.7 Å². The summed E-state index contributed by atoms with van der Waals surface area (Å²) in [6.45, 7) is 0. The maximum atomic E-state index is 14.6. The van der Waals surface area contributed by atoms with Gasteiger partial charge in [0, 0.05) is 11.1 Å². The molecule has 1 saturated carbocycles. The van der Waals surface area contributed by atoms with Gasteiger partial charge in [0.15, 0.2) is 0 Å². The van der Waals surface area contributed by atoms with E-state index in [0.29, 0.717) is 17.9 Å². The lowest BCUT2D eigenvalue weighted by Crippen LogP contribution is -2.28. The number of nitrogens with zero attached hydrogens (tertiary/aromatic N) is 2. The summed E-state index contributed by atoms with van der Waals surface area (Å²) in [6, 6.07) is 15.7. The summed E-state index contributed by atoms with van der Waals surface area (Å²) in [5, 5.41) is 11.0. The van der Waals surface area contributed by atoms with Crippen molar-refractivity contribution in [2.24, 2.45) is 5.92 Å². The summed E-state index contributed by atoms with van der Waals surface area (Å²) in [6.07, 6.45) is 7.92. The molecule has 1 N–H and O–H groups in total. The minimum atomic E-state index is -0.428. The first kappa shape index (κ1) is 17.6.